The first-order valence-corrected chi connectivity index (χ1v) is 10.8. The van der Waals surface area contributed by atoms with Crippen molar-refractivity contribution in [2.75, 3.05) is 19.6 Å². The average Bonchev–Trinajstić information content (AvgIpc) is 3.32. The van der Waals surface area contributed by atoms with E-state index in [-0.39, 0.29) is 5.82 Å². The number of rotatable bonds is 5. The van der Waals surface area contributed by atoms with Crippen molar-refractivity contribution < 1.29 is 4.39 Å². The highest BCUT2D eigenvalue weighted by Crippen LogP contribution is 2.33. The van der Waals surface area contributed by atoms with Gasteiger partial charge in [0, 0.05) is 25.2 Å². The second-order valence-corrected chi connectivity index (χ2v) is 9.06. The van der Waals surface area contributed by atoms with Gasteiger partial charge in [0.15, 0.2) is 0 Å². The molecule has 1 saturated carbocycles. The highest BCUT2D eigenvalue weighted by molar-refractivity contribution is 5.78. The smallest absolute Gasteiger partial charge is 0.125 e. The molecule has 1 aromatic carbocycles. The number of aryl methyl sites for hydroxylation is 1. The van der Waals surface area contributed by atoms with Crippen molar-refractivity contribution in [2.24, 2.45) is 5.92 Å². The predicted octanol–water partition coefficient (Wildman–Crippen LogP) is 4.24. The Morgan fingerprint density at radius 3 is 2.59 bits per heavy atom. The molecule has 4 nitrogen and oxygen atoms in total. The lowest BCUT2D eigenvalue weighted by atomic mass is 10.0. The van der Waals surface area contributed by atoms with Crippen LogP contribution in [0.25, 0.3) is 11.0 Å². The van der Waals surface area contributed by atoms with Crippen LogP contribution in [0, 0.1) is 18.7 Å². The van der Waals surface area contributed by atoms with Gasteiger partial charge in [-0.25, -0.2) is 9.37 Å². The molecule has 3 aliphatic rings. The van der Waals surface area contributed by atoms with Crippen molar-refractivity contribution in [1.82, 2.24) is 19.8 Å². The highest BCUT2D eigenvalue weighted by atomic mass is 19.1. The van der Waals surface area contributed by atoms with Crippen LogP contribution in [0.1, 0.15) is 56.3 Å². The molecule has 2 bridgehead atoms. The van der Waals surface area contributed by atoms with Crippen LogP contribution < -0.4 is 0 Å². The number of nitrogens with zero attached hydrogens (tertiary/aromatic N) is 3. The predicted molar refractivity (Wildman–Crippen MR) is 106 cm³/mol. The summed E-state index contributed by atoms with van der Waals surface area (Å²) < 4.78 is 13.6. The van der Waals surface area contributed by atoms with Gasteiger partial charge in [-0.15, -0.1) is 0 Å². The zero-order valence-corrected chi connectivity index (χ0v) is 16.4. The summed E-state index contributed by atoms with van der Waals surface area (Å²) in [6.45, 7) is 6.37. The van der Waals surface area contributed by atoms with Gasteiger partial charge in [-0.3, -0.25) is 9.80 Å². The van der Waals surface area contributed by atoms with Crippen LogP contribution >= 0.6 is 0 Å². The number of hydrogen-bond donors (Lipinski definition) is 1. The zero-order valence-electron chi connectivity index (χ0n) is 16.4. The van der Waals surface area contributed by atoms with Gasteiger partial charge in [-0.05, 0) is 56.3 Å². The first kappa shape index (κ1) is 17.6. The SMILES string of the molecule is Cc1cc(F)cc2[nH]c(CN3CC4CCC(C3)N4CCC3CCCC3)nc12. The number of benzene rings is 1. The van der Waals surface area contributed by atoms with Crippen LogP contribution in [-0.4, -0.2) is 51.5 Å². The number of aromatic amines is 1. The zero-order chi connectivity index (χ0) is 18.4. The van der Waals surface area contributed by atoms with Gasteiger partial charge in [0.05, 0.1) is 17.6 Å². The van der Waals surface area contributed by atoms with E-state index in [1.54, 1.807) is 12.1 Å². The Morgan fingerprint density at radius 2 is 1.85 bits per heavy atom. The lowest BCUT2D eigenvalue weighted by Crippen LogP contribution is -2.53. The van der Waals surface area contributed by atoms with Crippen molar-refractivity contribution in [3.63, 3.8) is 0 Å². The molecule has 146 valence electrons. The minimum absolute atomic E-state index is 0.191. The lowest BCUT2D eigenvalue weighted by molar-refractivity contribution is 0.0571. The van der Waals surface area contributed by atoms with E-state index in [9.17, 15) is 4.39 Å². The molecule has 0 radical (unpaired) electrons. The van der Waals surface area contributed by atoms with Crippen molar-refractivity contribution in [3.05, 3.63) is 29.3 Å². The molecule has 2 aliphatic heterocycles. The number of nitrogens with one attached hydrogen (secondary N) is 1. The topological polar surface area (TPSA) is 35.2 Å². The maximum Gasteiger partial charge on any atom is 0.125 e. The summed E-state index contributed by atoms with van der Waals surface area (Å²) in [4.78, 5) is 13.5. The molecule has 2 atom stereocenters. The number of aromatic nitrogens is 2. The van der Waals surface area contributed by atoms with Crippen LogP contribution in [-0.2, 0) is 6.54 Å². The first-order chi connectivity index (χ1) is 13.2. The molecule has 3 fully saturated rings. The van der Waals surface area contributed by atoms with Gasteiger partial charge in [0.2, 0.25) is 0 Å². The summed E-state index contributed by atoms with van der Waals surface area (Å²) in [6.07, 6.45) is 9.91. The molecule has 1 N–H and O–H groups in total. The molecule has 1 aliphatic carbocycles. The Morgan fingerprint density at radius 1 is 1.11 bits per heavy atom. The second-order valence-electron chi connectivity index (χ2n) is 9.06. The largest absolute Gasteiger partial charge is 0.341 e. The average molecular weight is 371 g/mol. The van der Waals surface area contributed by atoms with Gasteiger partial charge in [-0.1, -0.05) is 25.7 Å². The Bertz CT molecular complexity index is 796. The molecule has 2 unspecified atom stereocenters. The molecule has 27 heavy (non-hydrogen) atoms. The van der Waals surface area contributed by atoms with Gasteiger partial charge >= 0.3 is 0 Å². The summed E-state index contributed by atoms with van der Waals surface area (Å²) in [5, 5.41) is 0. The molecule has 1 aromatic heterocycles. The van der Waals surface area contributed by atoms with E-state index in [4.69, 9.17) is 4.98 Å². The standard InChI is InChI=1S/C22H31FN4/c1-15-10-17(23)11-20-22(15)25-21(24-20)14-26-12-18-6-7-19(13-26)27(18)9-8-16-4-2-3-5-16/h10-11,16,18-19H,2-9,12-14H2,1H3,(H,24,25). The summed E-state index contributed by atoms with van der Waals surface area (Å²) >= 11 is 0. The highest BCUT2D eigenvalue weighted by Gasteiger charge is 2.39. The van der Waals surface area contributed by atoms with Crippen LogP contribution in [0.15, 0.2) is 12.1 Å². The number of halogens is 1. The van der Waals surface area contributed by atoms with E-state index >= 15 is 0 Å². The fraction of sp³-hybridized carbons (Fsp3) is 0.682. The molecule has 2 saturated heterocycles. The number of piperazine rings is 1. The number of hydrogen-bond acceptors (Lipinski definition) is 3. The molecule has 0 spiro atoms. The van der Waals surface area contributed by atoms with E-state index in [1.807, 2.05) is 6.92 Å². The maximum atomic E-state index is 13.6. The Kier molecular flexibility index (Phi) is 4.68. The second kappa shape index (κ2) is 7.17. The first-order valence-electron chi connectivity index (χ1n) is 10.8. The van der Waals surface area contributed by atoms with E-state index in [0.717, 1.165) is 48.0 Å². The quantitative estimate of drug-likeness (QED) is 0.855. The molecular weight excluding hydrogens is 339 g/mol. The Balaban J connectivity index is 1.23. The summed E-state index contributed by atoms with van der Waals surface area (Å²) in [6, 6.07) is 4.56. The lowest BCUT2D eigenvalue weighted by Gasteiger charge is -2.41. The molecule has 2 aromatic rings. The van der Waals surface area contributed by atoms with E-state index in [1.165, 1.54) is 51.5 Å². The van der Waals surface area contributed by atoms with Gasteiger partial charge in [-0.2, -0.15) is 0 Å². The monoisotopic (exact) mass is 370 g/mol. The fourth-order valence-corrected chi connectivity index (χ4v) is 5.79. The molecule has 0 amide bonds. The fourth-order valence-electron chi connectivity index (χ4n) is 5.79. The molecular formula is C22H31FN4. The van der Waals surface area contributed by atoms with E-state index in [2.05, 4.69) is 14.8 Å². The maximum absolute atomic E-state index is 13.6. The summed E-state index contributed by atoms with van der Waals surface area (Å²) in [7, 11) is 0. The van der Waals surface area contributed by atoms with Gasteiger partial charge < -0.3 is 4.98 Å². The third-order valence-electron chi connectivity index (χ3n) is 7.14. The van der Waals surface area contributed by atoms with E-state index in [0.29, 0.717) is 12.1 Å². The van der Waals surface area contributed by atoms with Crippen LogP contribution in [0.5, 0.6) is 0 Å². The molecule has 5 heteroatoms. The Hall–Kier alpha value is -1.46. The van der Waals surface area contributed by atoms with Crippen molar-refractivity contribution >= 4 is 11.0 Å². The minimum Gasteiger partial charge on any atom is -0.341 e. The van der Waals surface area contributed by atoms with Crippen LogP contribution in [0.2, 0.25) is 0 Å². The van der Waals surface area contributed by atoms with Crippen molar-refractivity contribution in [1.29, 1.82) is 0 Å². The third kappa shape index (κ3) is 3.52. The van der Waals surface area contributed by atoms with Gasteiger partial charge in [0.25, 0.3) is 0 Å². The third-order valence-corrected chi connectivity index (χ3v) is 7.14. The number of fused-ring (bicyclic) bond motifs is 3. The van der Waals surface area contributed by atoms with Crippen LogP contribution in [0.4, 0.5) is 4.39 Å². The Labute approximate surface area is 161 Å². The van der Waals surface area contributed by atoms with E-state index < -0.39 is 0 Å². The number of H-pyrrole nitrogens is 1. The minimum atomic E-state index is -0.191. The summed E-state index contributed by atoms with van der Waals surface area (Å²) in [5.74, 6) is 1.77. The number of likely N-dealkylation sites (tertiary alicyclic amines) is 1. The molecule has 3 heterocycles. The van der Waals surface area contributed by atoms with Crippen molar-refractivity contribution in [3.8, 4) is 0 Å². The van der Waals surface area contributed by atoms with Crippen LogP contribution in [0.3, 0.4) is 0 Å². The van der Waals surface area contributed by atoms with Gasteiger partial charge in [0.1, 0.15) is 11.6 Å². The summed E-state index contributed by atoms with van der Waals surface area (Å²) in [5.41, 5.74) is 2.63. The molecule has 5 rings (SSSR count). The normalized spacial score (nSPS) is 27.2. The number of imidazole rings is 1. The van der Waals surface area contributed by atoms with Crippen molar-refractivity contribution in [2.45, 2.75) is 70.5 Å².